The van der Waals surface area contributed by atoms with Crippen molar-refractivity contribution in [3.8, 4) is 0 Å². The van der Waals surface area contributed by atoms with E-state index in [9.17, 15) is 13.2 Å². The van der Waals surface area contributed by atoms with Gasteiger partial charge in [-0.05, 0) is 38.1 Å². The van der Waals surface area contributed by atoms with Crippen LogP contribution < -0.4 is 10.0 Å². The van der Waals surface area contributed by atoms with Crippen molar-refractivity contribution in [1.29, 1.82) is 0 Å². The van der Waals surface area contributed by atoms with Gasteiger partial charge < -0.3 is 5.32 Å². The fraction of sp³-hybridized carbons (Fsp3) is 0.300. The number of benzene rings is 1. The van der Waals surface area contributed by atoms with Crippen molar-refractivity contribution >= 4 is 37.7 Å². The summed E-state index contributed by atoms with van der Waals surface area (Å²) in [4.78, 5) is 11.4. The van der Waals surface area contributed by atoms with Gasteiger partial charge in [-0.1, -0.05) is 15.9 Å². The molecule has 7 heteroatoms. The van der Waals surface area contributed by atoms with Crippen molar-refractivity contribution < 1.29 is 13.2 Å². The van der Waals surface area contributed by atoms with Crippen LogP contribution in [0, 0.1) is 0 Å². The second kappa shape index (κ2) is 5.50. The monoisotopic (exact) mass is 320 g/mol. The minimum absolute atomic E-state index is 0.518. The first kappa shape index (κ1) is 14.0. The first-order valence-electron chi connectivity index (χ1n) is 4.89. The van der Waals surface area contributed by atoms with Crippen molar-refractivity contribution in [3.63, 3.8) is 0 Å². The van der Waals surface area contributed by atoms with Gasteiger partial charge in [-0.15, -0.1) is 0 Å². The summed E-state index contributed by atoms with van der Waals surface area (Å²) in [5.41, 5.74) is 0.518. The maximum atomic E-state index is 11.4. The van der Waals surface area contributed by atoms with Gasteiger partial charge in [-0.25, -0.2) is 17.9 Å². The second-order valence-electron chi connectivity index (χ2n) is 3.66. The predicted molar refractivity (Wildman–Crippen MR) is 70.4 cm³/mol. The average Bonchev–Trinajstić information content (AvgIpc) is 2.20. The van der Waals surface area contributed by atoms with E-state index in [1.807, 2.05) is 4.72 Å². The molecule has 0 heterocycles. The molecule has 17 heavy (non-hydrogen) atoms. The molecule has 0 spiro atoms. The number of carbonyl (C=O) groups excluding carboxylic acids is 1. The molecule has 0 radical (unpaired) electrons. The molecule has 0 saturated heterocycles. The van der Waals surface area contributed by atoms with Gasteiger partial charge in [0.25, 0.3) is 0 Å². The van der Waals surface area contributed by atoms with Crippen LogP contribution in [0.25, 0.3) is 0 Å². The van der Waals surface area contributed by atoms with Crippen molar-refractivity contribution in [2.45, 2.75) is 19.1 Å². The molecule has 2 N–H and O–H groups in total. The lowest BCUT2D eigenvalue weighted by atomic mass is 10.3. The fourth-order valence-corrected chi connectivity index (χ4v) is 1.75. The maximum absolute atomic E-state index is 11.4. The van der Waals surface area contributed by atoms with E-state index in [1.54, 1.807) is 24.3 Å². The largest absolute Gasteiger partial charge is 0.332 e. The summed E-state index contributed by atoms with van der Waals surface area (Å²) < 4.78 is 25.6. The van der Waals surface area contributed by atoms with Crippen LogP contribution >= 0.6 is 15.9 Å². The van der Waals surface area contributed by atoms with E-state index in [4.69, 9.17) is 0 Å². The molecule has 1 aromatic carbocycles. The zero-order valence-corrected chi connectivity index (χ0v) is 11.8. The summed E-state index contributed by atoms with van der Waals surface area (Å²) in [6.07, 6.45) is 0. The average molecular weight is 321 g/mol. The molecule has 5 nitrogen and oxygen atoms in total. The summed E-state index contributed by atoms with van der Waals surface area (Å²) in [7, 11) is -3.60. The molecule has 0 unspecified atom stereocenters. The Labute approximate surface area is 109 Å². The molecular weight excluding hydrogens is 308 g/mol. The number of hydrogen-bond acceptors (Lipinski definition) is 3. The van der Waals surface area contributed by atoms with Crippen molar-refractivity contribution in [1.82, 2.24) is 4.72 Å². The summed E-state index contributed by atoms with van der Waals surface area (Å²) in [5, 5.41) is 1.78. The lowest BCUT2D eigenvalue weighted by Crippen LogP contribution is -2.38. The van der Waals surface area contributed by atoms with Crippen molar-refractivity contribution in [2.75, 3.05) is 5.32 Å². The number of carbonyl (C=O) groups is 1. The van der Waals surface area contributed by atoms with Crippen LogP contribution in [0.5, 0.6) is 0 Å². The summed E-state index contributed by atoms with van der Waals surface area (Å²) in [5.74, 6) is 0. The number of urea groups is 1. The molecule has 0 atom stereocenters. The highest BCUT2D eigenvalue weighted by Gasteiger charge is 2.18. The third kappa shape index (κ3) is 4.35. The SMILES string of the molecule is CC(C)S(=O)(=O)NC(=O)Nc1ccc(Br)cc1. The van der Waals surface area contributed by atoms with Gasteiger partial charge in [0, 0.05) is 10.2 Å². The maximum Gasteiger partial charge on any atom is 0.332 e. The van der Waals surface area contributed by atoms with E-state index in [0.29, 0.717) is 5.69 Å². The minimum atomic E-state index is -3.60. The van der Waals surface area contributed by atoms with Gasteiger partial charge in [0.2, 0.25) is 10.0 Å². The smallest absolute Gasteiger partial charge is 0.307 e. The number of sulfonamides is 1. The molecule has 0 aliphatic carbocycles. The fourth-order valence-electron chi connectivity index (χ4n) is 0.937. The number of amides is 2. The highest BCUT2D eigenvalue weighted by molar-refractivity contribution is 9.10. The van der Waals surface area contributed by atoms with Crippen molar-refractivity contribution in [3.05, 3.63) is 28.7 Å². The molecular formula is C10H13BrN2O3S. The first-order valence-corrected chi connectivity index (χ1v) is 7.23. The van der Waals surface area contributed by atoms with E-state index in [-0.39, 0.29) is 0 Å². The zero-order valence-electron chi connectivity index (χ0n) is 9.40. The first-order chi connectivity index (χ1) is 7.81. The zero-order chi connectivity index (χ0) is 13.1. The number of nitrogens with one attached hydrogen (secondary N) is 2. The van der Waals surface area contributed by atoms with Crippen LogP contribution in [-0.2, 0) is 10.0 Å². The van der Waals surface area contributed by atoms with Gasteiger partial charge in [-0.2, -0.15) is 0 Å². The molecule has 1 aromatic rings. The molecule has 0 aliphatic heterocycles. The molecule has 0 fully saturated rings. The third-order valence-corrected chi connectivity index (χ3v) is 4.20. The van der Waals surface area contributed by atoms with Gasteiger partial charge in [0.15, 0.2) is 0 Å². The Balaban J connectivity index is 2.65. The van der Waals surface area contributed by atoms with Crippen LogP contribution in [0.2, 0.25) is 0 Å². The lowest BCUT2D eigenvalue weighted by Gasteiger charge is -2.10. The van der Waals surface area contributed by atoms with Gasteiger partial charge in [0.05, 0.1) is 5.25 Å². The lowest BCUT2D eigenvalue weighted by molar-refractivity contribution is 0.256. The minimum Gasteiger partial charge on any atom is -0.307 e. The summed E-state index contributed by atoms with van der Waals surface area (Å²) >= 11 is 3.26. The number of hydrogen-bond donors (Lipinski definition) is 2. The molecule has 94 valence electrons. The Hall–Kier alpha value is -1.08. The highest BCUT2D eigenvalue weighted by Crippen LogP contribution is 2.13. The van der Waals surface area contributed by atoms with Gasteiger partial charge in [-0.3, -0.25) is 0 Å². The van der Waals surface area contributed by atoms with E-state index in [0.717, 1.165) is 4.47 Å². The van der Waals surface area contributed by atoms with E-state index >= 15 is 0 Å². The van der Waals surface area contributed by atoms with Gasteiger partial charge >= 0.3 is 6.03 Å². The van der Waals surface area contributed by atoms with E-state index in [1.165, 1.54) is 13.8 Å². The predicted octanol–water partition coefficient (Wildman–Crippen LogP) is 2.31. The molecule has 1 rings (SSSR count). The van der Waals surface area contributed by atoms with Gasteiger partial charge in [0.1, 0.15) is 0 Å². The molecule has 0 aromatic heterocycles. The molecule has 0 bridgehead atoms. The van der Waals surface area contributed by atoms with E-state index in [2.05, 4.69) is 21.2 Å². The summed E-state index contributed by atoms with van der Waals surface area (Å²) in [6, 6.07) is 6.04. The summed E-state index contributed by atoms with van der Waals surface area (Å²) in [6.45, 7) is 2.99. The number of rotatable bonds is 3. The van der Waals surface area contributed by atoms with Crippen molar-refractivity contribution in [2.24, 2.45) is 0 Å². The molecule has 0 aliphatic rings. The topological polar surface area (TPSA) is 75.3 Å². The normalized spacial score (nSPS) is 11.3. The Bertz CT molecular complexity index is 497. The van der Waals surface area contributed by atoms with Crippen LogP contribution in [0.3, 0.4) is 0 Å². The Morgan fingerprint density at radius 1 is 1.24 bits per heavy atom. The van der Waals surface area contributed by atoms with E-state index < -0.39 is 21.3 Å². The Morgan fingerprint density at radius 3 is 2.24 bits per heavy atom. The Kier molecular flexibility index (Phi) is 4.53. The highest BCUT2D eigenvalue weighted by atomic mass is 79.9. The number of halogens is 1. The molecule has 2 amide bonds. The Morgan fingerprint density at radius 2 is 1.76 bits per heavy atom. The van der Waals surface area contributed by atoms with Crippen LogP contribution in [0.4, 0.5) is 10.5 Å². The standard InChI is InChI=1S/C10H13BrN2O3S/c1-7(2)17(15,16)13-10(14)12-9-5-3-8(11)4-6-9/h3-7H,1-2H3,(H2,12,13,14). The number of anilines is 1. The van der Waals surface area contributed by atoms with Crippen LogP contribution in [0.15, 0.2) is 28.7 Å². The quantitative estimate of drug-likeness (QED) is 0.897. The van der Waals surface area contributed by atoms with Crippen LogP contribution in [0.1, 0.15) is 13.8 Å². The second-order valence-corrected chi connectivity index (χ2v) is 6.81. The third-order valence-electron chi connectivity index (χ3n) is 1.96. The molecule has 0 saturated carbocycles. The van der Waals surface area contributed by atoms with Crippen LogP contribution in [-0.4, -0.2) is 19.7 Å².